The van der Waals surface area contributed by atoms with E-state index in [4.69, 9.17) is 0 Å². The molecule has 1 saturated carbocycles. The van der Waals surface area contributed by atoms with Gasteiger partial charge >= 0.3 is 0 Å². The predicted molar refractivity (Wildman–Crippen MR) is 120 cm³/mol. The number of amides is 2. The average Bonchev–Trinajstić information content (AvgIpc) is 3.10. The number of aromatic amines is 1. The summed E-state index contributed by atoms with van der Waals surface area (Å²) in [6, 6.07) is 6.98. The Morgan fingerprint density at radius 2 is 1.84 bits per heavy atom. The fraction of sp³-hybridized carbons (Fsp3) is 0.417. The second-order valence-corrected chi connectivity index (χ2v) is 8.76. The minimum Gasteiger partial charge on any atom is -0.354 e. The lowest BCUT2D eigenvalue weighted by Crippen LogP contribution is -2.44. The van der Waals surface area contributed by atoms with Crippen LogP contribution in [0.3, 0.4) is 0 Å². The van der Waals surface area contributed by atoms with Crippen LogP contribution >= 0.6 is 0 Å². The first-order chi connectivity index (χ1) is 15.3. The molecule has 1 aromatic heterocycles. The molecule has 1 aliphatic carbocycles. The molecule has 1 aliphatic heterocycles. The van der Waals surface area contributed by atoms with E-state index in [1.54, 1.807) is 6.20 Å². The second-order valence-electron chi connectivity index (χ2n) is 8.76. The van der Waals surface area contributed by atoms with Gasteiger partial charge in [0.2, 0.25) is 11.5 Å². The average molecular weight is 439 g/mol. The van der Waals surface area contributed by atoms with Crippen molar-refractivity contribution in [1.82, 2.24) is 10.3 Å². The van der Waals surface area contributed by atoms with Gasteiger partial charge in [0.15, 0.2) is 0 Å². The molecule has 32 heavy (non-hydrogen) atoms. The summed E-state index contributed by atoms with van der Waals surface area (Å²) in [6.07, 6.45) is 5.07. The highest BCUT2D eigenvalue weighted by atomic mass is 19.1. The number of fused-ring (bicyclic) bond motifs is 1. The van der Waals surface area contributed by atoms with E-state index >= 15 is 0 Å². The predicted octanol–water partition coefficient (Wildman–Crippen LogP) is 3.20. The number of anilines is 1. The van der Waals surface area contributed by atoms with Gasteiger partial charge < -0.3 is 15.2 Å². The lowest BCUT2D eigenvalue weighted by molar-refractivity contribution is -0.126. The number of nitrogens with zero attached hydrogens (tertiary/aromatic N) is 2. The van der Waals surface area contributed by atoms with Gasteiger partial charge in [-0.3, -0.25) is 14.4 Å². The maximum Gasteiger partial charge on any atom is 0.278 e. The molecular weight excluding hydrogens is 411 g/mol. The van der Waals surface area contributed by atoms with E-state index in [0.29, 0.717) is 17.8 Å². The number of aliphatic imine (C=N–C) groups is 1. The second kappa shape index (κ2) is 9.06. The minimum absolute atomic E-state index is 0.0314. The molecule has 8 heteroatoms. The van der Waals surface area contributed by atoms with E-state index in [-0.39, 0.29) is 29.5 Å². The van der Waals surface area contributed by atoms with Crippen LogP contribution in [0.25, 0.3) is 0 Å². The summed E-state index contributed by atoms with van der Waals surface area (Å²) in [4.78, 5) is 46.2. The first-order valence-corrected chi connectivity index (χ1v) is 11.0. The highest BCUT2D eigenvalue weighted by Gasteiger charge is 2.36. The summed E-state index contributed by atoms with van der Waals surface area (Å²) < 4.78 is 13.2. The fourth-order valence-corrected chi connectivity index (χ4v) is 4.52. The van der Waals surface area contributed by atoms with E-state index in [9.17, 15) is 18.8 Å². The molecule has 0 saturated heterocycles. The highest BCUT2D eigenvalue weighted by Crippen LogP contribution is 2.36. The van der Waals surface area contributed by atoms with Crippen LogP contribution in [0.4, 0.5) is 10.1 Å². The Bertz CT molecular complexity index is 1100. The SMILES string of the molecule is CC(C)NC(=O)C1CCC(N2C(=NC(=O)c3ccc(F)cc3)Cc3c[nH]c(=O)cc32)CC1. The fourth-order valence-electron chi connectivity index (χ4n) is 4.52. The summed E-state index contributed by atoms with van der Waals surface area (Å²) in [5.41, 5.74) is 1.74. The summed E-state index contributed by atoms with van der Waals surface area (Å²) in [5, 5.41) is 2.98. The van der Waals surface area contributed by atoms with Crippen molar-refractivity contribution in [2.45, 2.75) is 58.0 Å². The van der Waals surface area contributed by atoms with Gasteiger partial charge in [-0.1, -0.05) is 0 Å². The third kappa shape index (κ3) is 4.64. The van der Waals surface area contributed by atoms with Crippen LogP contribution < -0.4 is 15.8 Å². The molecule has 2 aliphatic rings. The molecule has 0 unspecified atom stereocenters. The number of carbonyl (C=O) groups excluding carboxylic acids is 2. The van der Waals surface area contributed by atoms with E-state index in [0.717, 1.165) is 36.9 Å². The number of nitrogens with one attached hydrogen (secondary N) is 2. The van der Waals surface area contributed by atoms with Gasteiger partial charge in [0.05, 0.1) is 5.69 Å². The van der Waals surface area contributed by atoms with E-state index in [1.807, 2.05) is 18.7 Å². The molecule has 2 amide bonds. The number of carbonyl (C=O) groups is 2. The monoisotopic (exact) mass is 438 g/mol. The normalized spacial score (nSPS) is 21.6. The molecule has 1 fully saturated rings. The molecule has 1 aromatic carbocycles. The molecule has 0 radical (unpaired) electrons. The molecule has 168 valence electrons. The number of rotatable bonds is 4. The van der Waals surface area contributed by atoms with E-state index in [2.05, 4.69) is 15.3 Å². The number of benzene rings is 1. The number of H-pyrrole nitrogens is 1. The number of aromatic nitrogens is 1. The first-order valence-electron chi connectivity index (χ1n) is 11.0. The Morgan fingerprint density at radius 3 is 2.50 bits per heavy atom. The summed E-state index contributed by atoms with van der Waals surface area (Å²) in [7, 11) is 0. The van der Waals surface area contributed by atoms with Crippen LogP contribution in [0, 0.1) is 11.7 Å². The number of amidine groups is 1. The van der Waals surface area contributed by atoms with Gasteiger partial charge in [-0.2, -0.15) is 4.99 Å². The van der Waals surface area contributed by atoms with Crippen LogP contribution in [0.15, 0.2) is 46.3 Å². The van der Waals surface area contributed by atoms with Crippen molar-refractivity contribution < 1.29 is 14.0 Å². The maximum absolute atomic E-state index is 13.2. The quantitative estimate of drug-likeness (QED) is 0.767. The summed E-state index contributed by atoms with van der Waals surface area (Å²) in [6.45, 7) is 3.90. The Balaban J connectivity index is 1.58. The molecule has 2 heterocycles. The maximum atomic E-state index is 13.2. The third-order valence-electron chi connectivity index (χ3n) is 6.06. The van der Waals surface area contributed by atoms with Crippen molar-refractivity contribution >= 4 is 23.3 Å². The van der Waals surface area contributed by atoms with Crippen LogP contribution in [-0.4, -0.2) is 34.7 Å². The minimum atomic E-state index is -0.450. The largest absolute Gasteiger partial charge is 0.354 e. The van der Waals surface area contributed by atoms with E-state index in [1.165, 1.54) is 30.3 Å². The highest BCUT2D eigenvalue weighted by molar-refractivity contribution is 6.12. The van der Waals surface area contributed by atoms with Gasteiger partial charge in [0.25, 0.3) is 5.91 Å². The number of hydrogen-bond acceptors (Lipinski definition) is 3. The summed E-state index contributed by atoms with van der Waals surface area (Å²) in [5.74, 6) is -0.244. The summed E-state index contributed by atoms with van der Waals surface area (Å²) >= 11 is 0. The van der Waals surface area contributed by atoms with Gasteiger partial charge in [-0.15, -0.1) is 0 Å². The standard InChI is InChI=1S/C24H27FN4O3/c1-14(2)27-23(31)16-5-9-19(10-6-16)29-20-12-22(30)26-13-17(20)11-21(29)28-24(32)15-3-7-18(25)8-4-15/h3-4,7-8,12-14,16,19H,5-6,9-11H2,1-2H3,(H,26,30)(H,27,31). The van der Waals surface area contributed by atoms with Crippen LogP contribution in [0.1, 0.15) is 55.5 Å². The zero-order valence-electron chi connectivity index (χ0n) is 18.2. The van der Waals surface area contributed by atoms with Crippen molar-refractivity contribution in [3.63, 3.8) is 0 Å². The van der Waals surface area contributed by atoms with Crippen LogP contribution in [-0.2, 0) is 11.2 Å². The smallest absolute Gasteiger partial charge is 0.278 e. The third-order valence-corrected chi connectivity index (χ3v) is 6.06. The van der Waals surface area contributed by atoms with Crippen molar-refractivity contribution in [2.75, 3.05) is 4.90 Å². The lowest BCUT2D eigenvalue weighted by Gasteiger charge is -2.36. The van der Waals surface area contributed by atoms with Crippen molar-refractivity contribution in [3.8, 4) is 0 Å². The zero-order chi connectivity index (χ0) is 22.8. The van der Waals surface area contributed by atoms with Gasteiger partial charge in [-0.05, 0) is 69.4 Å². The van der Waals surface area contributed by atoms with Crippen molar-refractivity contribution in [3.05, 3.63) is 63.8 Å². The topological polar surface area (TPSA) is 94.6 Å². The van der Waals surface area contributed by atoms with Gasteiger partial charge in [0.1, 0.15) is 11.7 Å². The van der Waals surface area contributed by atoms with Crippen LogP contribution in [0.5, 0.6) is 0 Å². The molecule has 2 N–H and O–H groups in total. The number of halogens is 1. The van der Waals surface area contributed by atoms with E-state index < -0.39 is 11.7 Å². The Labute approximate surface area is 185 Å². The Kier molecular flexibility index (Phi) is 6.21. The molecule has 0 spiro atoms. The number of pyridine rings is 1. The van der Waals surface area contributed by atoms with Crippen LogP contribution in [0.2, 0.25) is 0 Å². The molecule has 7 nitrogen and oxygen atoms in total. The molecule has 0 atom stereocenters. The zero-order valence-corrected chi connectivity index (χ0v) is 18.2. The van der Waals surface area contributed by atoms with Gasteiger partial charge in [0, 0.05) is 42.2 Å². The van der Waals surface area contributed by atoms with Gasteiger partial charge in [-0.25, -0.2) is 4.39 Å². The molecule has 2 aromatic rings. The van der Waals surface area contributed by atoms with Crippen molar-refractivity contribution in [2.24, 2.45) is 10.9 Å². The molecule has 0 bridgehead atoms. The molecule has 4 rings (SSSR count). The Hall–Kier alpha value is -3.29. The van der Waals surface area contributed by atoms with Crippen molar-refractivity contribution in [1.29, 1.82) is 0 Å². The number of hydrogen-bond donors (Lipinski definition) is 2. The molecular formula is C24H27FN4O3. The lowest BCUT2D eigenvalue weighted by atomic mass is 9.84. The Morgan fingerprint density at radius 1 is 1.16 bits per heavy atom. The first kappa shape index (κ1) is 21.9.